The molecular weight excluding hydrogens is 188 g/mol. The minimum absolute atomic E-state index is 0.600. The second-order valence-corrected chi connectivity index (χ2v) is 4.80. The molecule has 1 aliphatic heterocycles. The summed E-state index contributed by atoms with van der Waals surface area (Å²) < 4.78 is 5.43. The van der Waals surface area contributed by atoms with Gasteiger partial charge in [-0.1, -0.05) is 0 Å². The van der Waals surface area contributed by atoms with Crippen molar-refractivity contribution >= 4 is 0 Å². The summed E-state index contributed by atoms with van der Waals surface area (Å²) in [7, 11) is 2.19. The van der Waals surface area contributed by atoms with E-state index >= 15 is 0 Å². The van der Waals surface area contributed by atoms with Crippen molar-refractivity contribution in [2.45, 2.75) is 45.2 Å². The van der Waals surface area contributed by atoms with Crippen molar-refractivity contribution in [1.82, 2.24) is 10.2 Å². The summed E-state index contributed by atoms with van der Waals surface area (Å²) in [6.07, 6.45) is 3.72. The summed E-state index contributed by atoms with van der Waals surface area (Å²) in [4.78, 5) is 2.39. The van der Waals surface area contributed by atoms with Crippen LogP contribution >= 0.6 is 0 Å². The van der Waals surface area contributed by atoms with Gasteiger partial charge in [0.2, 0.25) is 0 Å². The Labute approximate surface area is 94.2 Å². The van der Waals surface area contributed by atoms with Gasteiger partial charge in [0.1, 0.15) is 0 Å². The molecule has 0 amide bonds. The van der Waals surface area contributed by atoms with Crippen LogP contribution in [-0.2, 0) is 4.74 Å². The maximum atomic E-state index is 5.43. The fourth-order valence-corrected chi connectivity index (χ4v) is 1.79. The fraction of sp³-hybridized carbons (Fsp3) is 1.00. The third-order valence-corrected chi connectivity index (χ3v) is 3.16. The molecule has 0 saturated carbocycles. The first-order valence-electron chi connectivity index (χ1n) is 6.21. The Bertz CT molecular complexity index is 156. The molecule has 1 fully saturated rings. The average Bonchev–Trinajstić information content (AvgIpc) is 2.25. The Hall–Kier alpha value is -0.120. The number of hydrogen-bond acceptors (Lipinski definition) is 3. The lowest BCUT2D eigenvalue weighted by Gasteiger charge is -2.24. The molecule has 1 heterocycles. The highest BCUT2D eigenvalue weighted by molar-refractivity contribution is 4.70. The summed E-state index contributed by atoms with van der Waals surface area (Å²) in [5.74, 6) is 0. The molecule has 15 heavy (non-hydrogen) atoms. The summed E-state index contributed by atoms with van der Waals surface area (Å²) in [5, 5.41) is 3.56. The van der Waals surface area contributed by atoms with Crippen molar-refractivity contribution < 1.29 is 4.74 Å². The highest BCUT2D eigenvalue weighted by Crippen LogP contribution is 2.05. The molecule has 0 aliphatic carbocycles. The van der Waals surface area contributed by atoms with Crippen LogP contribution in [0.1, 0.15) is 33.1 Å². The van der Waals surface area contributed by atoms with Crippen LogP contribution < -0.4 is 5.32 Å². The van der Waals surface area contributed by atoms with Gasteiger partial charge >= 0.3 is 0 Å². The number of nitrogens with one attached hydrogen (secondary N) is 1. The standard InChI is InChI=1S/C12H26N2O/c1-11(2)14(3)8-5-7-13-12-6-4-9-15-10-12/h11-13H,4-10H2,1-3H3. The summed E-state index contributed by atoms with van der Waals surface area (Å²) in [5.41, 5.74) is 0. The van der Waals surface area contributed by atoms with Crippen molar-refractivity contribution in [3.63, 3.8) is 0 Å². The van der Waals surface area contributed by atoms with E-state index in [9.17, 15) is 0 Å². The molecule has 1 aliphatic rings. The molecule has 1 unspecified atom stereocenters. The summed E-state index contributed by atoms with van der Waals surface area (Å²) in [6, 6.07) is 1.26. The van der Waals surface area contributed by atoms with Gasteiger partial charge in [-0.25, -0.2) is 0 Å². The smallest absolute Gasteiger partial charge is 0.0619 e. The van der Waals surface area contributed by atoms with Crippen molar-refractivity contribution in [3.05, 3.63) is 0 Å². The largest absolute Gasteiger partial charge is 0.380 e. The highest BCUT2D eigenvalue weighted by Gasteiger charge is 2.12. The van der Waals surface area contributed by atoms with Gasteiger partial charge in [-0.2, -0.15) is 0 Å². The molecule has 0 bridgehead atoms. The summed E-state index contributed by atoms with van der Waals surface area (Å²) >= 11 is 0. The van der Waals surface area contributed by atoms with Gasteiger partial charge < -0.3 is 15.0 Å². The molecular formula is C12H26N2O. The minimum atomic E-state index is 0.600. The zero-order chi connectivity index (χ0) is 11.1. The van der Waals surface area contributed by atoms with Crippen LogP contribution in [0.15, 0.2) is 0 Å². The van der Waals surface area contributed by atoms with Crippen LogP contribution in [0.4, 0.5) is 0 Å². The Morgan fingerprint density at radius 2 is 2.27 bits per heavy atom. The van der Waals surface area contributed by atoms with Gasteiger partial charge in [0.25, 0.3) is 0 Å². The molecule has 0 aromatic carbocycles. The normalized spacial score (nSPS) is 22.6. The molecule has 0 radical (unpaired) electrons. The predicted molar refractivity (Wildman–Crippen MR) is 64.2 cm³/mol. The van der Waals surface area contributed by atoms with Crippen LogP contribution in [0.2, 0.25) is 0 Å². The molecule has 0 aromatic heterocycles. The van der Waals surface area contributed by atoms with Crippen LogP contribution in [0.5, 0.6) is 0 Å². The average molecular weight is 214 g/mol. The third kappa shape index (κ3) is 5.50. The van der Waals surface area contributed by atoms with Gasteiger partial charge in [0.05, 0.1) is 6.61 Å². The van der Waals surface area contributed by atoms with Gasteiger partial charge in [0, 0.05) is 18.7 Å². The lowest BCUT2D eigenvalue weighted by molar-refractivity contribution is 0.0702. The predicted octanol–water partition coefficient (Wildman–Crippen LogP) is 1.49. The molecule has 0 spiro atoms. The maximum Gasteiger partial charge on any atom is 0.0619 e. The Morgan fingerprint density at radius 1 is 1.47 bits per heavy atom. The molecule has 3 nitrogen and oxygen atoms in total. The first-order valence-corrected chi connectivity index (χ1v) is 6.21. The van der Waals surface area contributed by atoms with E-state index in [1.54, 1.807) is 0 Å². The molecule has 90 valence electrons. The highest BCUT2D eigenvalue weighted by atomic mass is 16.5. The van der Waals surface area contributed by atoms with Crippen molar-refractivity contribution in [3.8, 4) is 0 Å². The first-order chi connectivity index (χ1) is 7.20. The maximum absolute atomic E-state index is 5.43. The van der Waals surface area contributed by atoms with Gasteiger partial charge in [-0.3, -0.25) is 0 Å². The SMILES string of the molecule is CC(C)N(C)CCCNC1CCCOC1. The van der Waals surface area contributed by atoms with E-state index in [1.807, 2.05) is 0 Å². The Kier molecular flexibility index (Phi) is 6.22. The molecule has 1 rings (SSSR count). The fourth-order valence-electron chi connectivity index (χ4n) is 1.79. The topological polar surface area (TPSA) is 24.5 Å². The second-order valence-electron chi connectivity index (χ2n) is 4.80. The zero-order valence-electron chi connectivity index (χ0n) is 10.5. The van der Waals surface area contributed by atoms with E-state index in [4.69, 9.17) is 4.74 Å². The molecule has 1 atom stereocenters. The summed E-state index contributed by atoms with van der Waals surface area (Å²) in [6.45, 7) is 8.63. The second kappa shape index (κ2) is 7.20. The van der Waals surface area contributed by atoms with Crippen molar-refractivity contribution in [2.24, 2.45) is 0 Å². The zero-order valence-corrected chi connectivity index (χ0v) is 10.5. The van der Waals surface area contributed by atoms with Crippen LogP contribution in [0.25, 0.3) is 0 Å². The third-order valence-electron chi connectivity index (χ3n) is 3.16. The van der Waals surface area contributed by atoms with Crippen molar-refractivity contribution in [2.75, 3.05) is 33.4 Å². The van der Waals surface area contributed by atoms with Gasteiger partial charge in [0.15, 0.2) is 0 Å². The first kappa shape index (κ1) is 12.9. The Morgan fingerprint density at radius 3 is 2.87 bits per heavy atom. The van der Waals surface area contributed by atoms with E-state index in [0.717, 1.165) is 19.8 Å². The van der Waals surface area contributed by atoms with E-state index in [-0.39, 0.29) is 0 Å². The molecule has 3 heteroatoms. The Balaban J connectivity index is 1.96. The molecule has 1 N–H and O–H groups in total. The quantitative estimate of drug-likeness (QED) is 0.678. The lowest BCUT2D eigenvalue weighted by atomic mass is 10.1. The van der Waals surface area contributed by atoms with Gasteiger partial charge in [-0.05, 0) is 53.2 Å². The number of rotatable bonds is 6. The monoisotopic (exact) mass is 214 g/mol. The van der Waals surface area contributed by atoms with Crippen LogP contribution in [0, 0.1) is 0 Å². The molecule has 0 aromatic rings. The molecule has 1 saturated heterocycles. The number of ether oxygens (including phenoxy) is 1. The van der Waals surface area contributed by atoms with Crippen molar-refractivity contribution in [1.29, 1.82) is 0 Å². The van der Waals surface area contributed by atoms with Crippen LogP contribution in [-0.4, -0.2) is 50.3 Å². The lowest BCUT2D eigenvalue weighted by Crippen LogP contribution is -2.38. The van der Waals surface area contributed by atoms with E-state index < -0.39 is 0 Å². The van der Waals surface area contributed by atoms with Crippen LogP contribution in [0.3, 0.4) is 0 Å². The number of nitrogens with zero attached hydrogens (tertiary/aromatic N) is 1. The minimum Gasteiger partial charge on any atom is -0.380 e. The van der Waals surface area contributed by atoms with E-state index in [2.05, 4.69) is 31.1 Å². The van der Waals surface area contributed by atoms with E-state index in [0.29, 0.717) is 12.1 Å². The number of hydrogen-bond donors (Lipinski definition) is 1. The van der Waals surface area contributed by atoms with Gasteiger partial charge in [-0.15, -0.1) is 0 Å². The van der Waals surface area contributed by atoms with E-state index in [1.165, 1.54) is 25.8 Å².